The second-order valence-corrected chi connectivity index (χ2v) is 5.85. The number of rotatable bonds is 2. The average molecular weight is 326 g/mol. The Labute approximate surface area is 115 Å². The first-order valence-electron chi connectivity index (χ1n) is 5.33. The summed E-state index contributed by atoms with van der Waals surface area (Å²) in [5, 5.41) is 0.998. The molecule has 0 amide bonds. The highest BCUT2D eigenvalue weighted by Crippen LogP contribution is 2.33. The van der Waals surface area contributed by atoms with Crippen molar-refractivity contribution in [1.82, 2.24) is 0 Å². The lowest BCUT2D eigenvalue weighted by Crippen LogP contribution is -2.08. The van der Waals surface area contributed by atoms with Gasteiger partial charge in [0.2, 0.25) is 0 Å². The quantitative estimate of drug-likeness (QED) is 0.756. The first-order valence-corrected chi connectivity index (χ1v) is 6.94. The molecule has 3 aromatic rings. The van der Waals surface area contributed by atoms with Crippen LogP contribution in [-0.2, 0) is 0 Å². The standard InChI is InChI=1S/C13H9BrFNOS/c14-12-4-3-9(17-12)13(16)11-5-7-1-2-8(15)6-10(7)18-11/h1-6,13H,16H2. The van der Waals surface area contributed by atoms with Crippen LogP contribution in [0.1, 0.15) is 16.7 Å². The Kier molecular flexibility index (Phi) is 2.97. The summed E-state index contributed by atoms with van der Waals surface area (Å²) in [4.78, 5) is 0.956. The van der Waals surface area contributed by atoms with E-state index in [9.17, 15) is 4.39 Å². The maximum Gasteiger partial charge on any atom is 0.169 e. The third kappa shape index (κ3) is 2.09. The zero-order chi connectivity index (χ0) is 12.7. The highest BCUT2D eigenvalue weighted by molar-refractivity contribution is 9.10. The average Bonchev–Trinajstić information content (AvgIpc) is 2.93. The maximum absolute atomic E-state index is 13.1. The third-order valence-electron chi connectivity index (χ3n) is 2.71. The fraction of sp³-hybridized carbons (Fsp3) is 0.0769. The monoisotopic (exact) mass is 325 g/mol. The maximum atomic E-state index is 13.1. The fourth-order valence-corrected chi connectivity index (χ4v) is 3.23. The molecule has 3 rings (SSSR count). The van der Waals surface area contributed by atoms with Gasteiger partial charge in [-0.3, -0.25) is 0 Å². The van der Waals surface area contributed by atoms with E-state index in [1.807, 2.05) is 18.2 Å². The minimum atomic E-state index is -0.322. The number of thiophene rings is 1. The summed E-state index contributed by atoms with van der Waals surface area (Å²) < 4.78 is 20.1. The Morgan fingerprint density at radius 3 is 2.78 bits per heavy atom. The SMILES string of the molecule is NC(c1ccc(Br)o1)c1cc2ccc(F)cc2s1. The van der Waals surface area contributed by atoms with Crippen molar-refractivity contribution < 1.29 is 8.81 Å². The lowest BCUT2D eigenvalue weighted by Gasteiger charge is -2.04. The van der Waals surface area contributed by atoms with Crippen LogP contribution in [0.3, 0.4) is 0 Å². The zero-order valence-electron chi connectivity index (χ0n) is 9.19. The van der Waals surface area contributed by atoms with Gasteiger partial charge >= 0.3 is 0 Å². The van der Waals surface area contributed by atoms with Crippen molar-refractivity contribution >= 4 is 37.4 Å². The molecule has 1 atom stereocenters. The van der Waals surface area contributed by atoms with Gasteiger partial charge in [0.15, 0.2) is 4.67 Å². The van der Waals surface area contributed by atoms with Crippen molar-refractivity contribution in [1.29, 1.82) is 0 Å². The summed E-state index contributed by atoms with van der Waals surface area (Å²) in [7, 11) is 0. The van der Waals surface area contributed by atoms with Crippen LogP contribution in [-0.4, -0.2) is 0 Å². The molecule has 2 aromatic heterocycles. The van der Waals surface area contributed by atoms with Crippen molar-refractivity contribution in [2.24, 2.45) is 5.73 Å². The Bertz CT molecular complexity index is 706. The zero-order valence-corrected chi connectivity index (χ0v) is 11.6. The van der Waals surface area contributed by atoms with Crippen molar-refractivity contribution in [3.05, 3.63) is 57.5 Å². The molecule has 2 nitrogen and oxygen atoms in total. The van der Waals surface area contributed by atoms with E-state index < -0.39 is 0 Å². The molecule has 0 saturated heterocycles. The van der Waals surface area contributed by atoms with E-state index in [1.165, 1.54) is 23.5 Å². The molecular weight excluding hydrogens is 317 g/mol. The smallest absolute Gasteiger partial charge is 0.169 e. The van der Waals surface area contributed by atoms with E-state index >= 15 is 0 Å². The summed E-state index contributed by atoms with van der Waals surface area (Å²) in [5.41, 5.74) is 6.13. The van der Waals surface area contributed by atoms with E-state index in [-0.39, 0.29) is 11.9 Å². The first-order chi connectivity index (χ1) is 8.63. The second-order valence-electron chi connectivity index (χ2n) is 3.95. The van der Waals surface area contributed by atoms with E-state index in [1.54, 1.807) is 6.07 Å². The van der Waals surface area contributed by atoms with E-state index in [4.69, 9.17) is 10.2 Å². The van der Waals surface area contributed by atoms with Crippen LogP contribution in [0, 0.1) is 5.82 Å². The number of benzene rings is 1. The van der Waals surface area contributed by atoms with Gasteiger partial charge in [-0.2, -0.15) is 0 Å². The lowest BCUT2D eigenvalue weighted by atomic mass is 10.2. The van der Waals surface area contributed by atoms with E-state index in [2.05, 4.69) is 15.9 Å². The first kappa shape index (κ1) is 11.9. The number of nitrogens with two attached hydrogens (primary N) is 1. The number of halogens is 2. The fourth-order valence-electron chi connectivity index (χ4n) is 1.81. The molecule has 0 radical (unpaired) electrons. The predicted octanol–water partition coefficient (Wildman–Crippen LogP) is 4.44. The molecule has 0 aliphatic rings. The molecule has 5 heteroatoms. The summed E-state index contributed by atoms with van der Waals surface area (Å²) in [5.74, 6) is 0.458. The van der Waals surface area contributed by atoms with Gasteiger partial charge in [0.05, 0.1) is 6.04 Å². The summed E-state index contributed by atoms with van der Waals surface area (Å²) in [6.07, 6.45) is 0. The van der Waals surface area contributed by atoms with E-state index in [0.717, 1.165) is 15.0 Å². The molecule has 18 heavy (non-hydrogen) atoms. The third-order valence-corrected chi connectivity index (χ3v) is 4.32. The number of furan rings is 1. The van der Waals surface area contributed by atoms with Gasteiger partial charge in [-0.15, -0.1) is 11.3 Å². The molecule has 0 aliphatic heterocycles. The molecule has 2 N–H and O–H groups in total. The van der Waals surface area contributed by atoms with Crippen molar-refractivity contribution in [3.63, 3.8) is 0 Å². The molecule has 0 bridgehead atoms. The molecule has 0 fully saturated rings. The number of hydrogen-bond acceptors (Lipinski definition) is 3. The Balaban J connectivity index is 2.03. The molecule has 2 heterocycles. The van der Waals surface area contributed by atoms with Crippen molar-refractivity contribution in [2.45, 2.75) is 6.04 Å². The lowest BCUT2D eigenvalue weighted by molar-refractivity contribution is 0.472. The van der Waals surface area contributed by atoms with Gasteiger partial charge in [0, 0.05) is 9.58 Å². The highest BCUT2D eigenvalue weighted by Gasteiger charge is 2.16. The summed E-state index contributed by atoms with van der Waals surface area (Å²) in [6.45, 7) is 0. The molecular formula is C13H9BrFNOS. The number of fused-ring (bicyclic) bond motifs is 1. The highest BCUT2D eigenvalue weighted by atomic mass is 79.9. The molecule has 1 unspecified atom stereocenters. The van der Waals surface area contributed by atoms with Crippen LogP contribution in [0.4, 0.5) is 4.39 Å². The Morgan fingerprint density at radius 1 is 1.22 bits per heavy atom. The van der Waals surface area contributed by atoms with Crippen LogP contribution in [0.25, 0.3) is 10.1 Å². The predicted molar refractivity (Wildman–Crippen MR) is 74.2 cm³/mol. The Morgan fingerprint density at radius 2 is 2.06 bits per heavy atom. The van der Waals surface area contributed by atoms with Crippen LogP contribution in [0.5, 0.6) is 0 Å². The van der Waals surface area contributed by atoms with E-state index in [0.29, 0.717) is 10.4 Å². The van der Waals surface area contributed by atoms with Gasteiger partial charge in [-0.05, 0) is 51.6 Å². The van der Waals surface area contributed by atoms with Gasteiger partial charge in [-0.25, -0.2) is 4.39 Å². The molecule has 92 valence electrons. The normalized spacial score (nSPS) is 13.1. The van der Waals surface area contributed by atoms with Gasteiger partial charge in [0.1, 0.15) is 11.6 Å². The molecule has 1 aromatic carbocycles. The van der Waals surface area contributed by atoms with Crippen molar-refractivity contribution in [3.8, 4) is 0 Å². The van der Waals surface area contributed by atoms with Gasteiger partial charge in [0.25, 0.3) is 0 Å². The molecule has 0 spiro atoms. The van der Waals surface area contributed by atoms with Crippen LogP contribution >= 0.6 is 27.3 Å². The van der Waals surface area contributed by atoms with Crippen LogP contribution in [0.2, 0.25) is 0 Å². The van der Waals surface area contributed by atoms with Crippen LogP contribution in [0.15, 0.2) is 45.5 Å². The Hall–Kier alpha value is -1.17. The minimum Gasteiger partial charge on any atom is -0.452 e. The molecule has 0 aliphatic carbocycles. The largest absolute Gasteiger partial charge is 0.452 e. The number of hydrogen-bond donors (Lipinski definition) is 1. The summed E-state index contributed by atoms with van der Waals surface area (Å²) in [6, 6.07) is 10.0. The minimum absolute atomic E-state index is 0.231. The second kappa shape index (κ2) is 4.50. The van der Waals surface area contributed by atoms with Gasteiger partial charge < -0.3 is 10.2 Å². The molecule has 0 saturated carbocycles. The van der Waals surface area contributed by atoms with Crippen molar-refractivity contribution in [2.75, 3.05) is 0 Å². The van der Waals surface area contributed by atoms with Crippen LogP contribution < -0.4 is 5.73 Å². The summed E-state index contributed by atoms with van der Waals surface area (Å²) >= 11 is 4.73. The topological polar surface area (TPSA) is 39.2 Å². The van der Waals surface area contributed by atoms with Gasteiger partial charge in [-0.1, -0.05) is 6.07 Å².